The van der Waals surface area contributed by atoms with Crippen LogP contribution in [0, 0.1) is 0 Å². The molecule has 0 bridgehead atoms. The molecule has 1 unspecified atom stereocenters. The first kappa shape index (κ1) is 15.8. The van der Waals surface area contributed by atoms with Crippen molar-refractivity contribution in [2.75, 3.05) is 7.11 Å². The summed E-state index contributed by atoms with van der Waals surface area (Å²) < 4.78 is 5.88. The van der Waals surface area contributed by atoms with E-state index in [0.29, 0.717) is 5.56 Å². The Kier molecular flexibility index (Phi) is 3.41. The van der Waals surface area contributed by atoms with Crippen LogP contribution in [-0.2, 0) is 10.2 Å². The van der Waals surface area contributed by atoms with Gasteiger partial charge in [0.25, 0.3) is 0 Å². The maximum absolute atomic E-state index is 12.4. The first-order chi connectivity index (χ1) is 12.0. The number of carbonyl (C=O) groups is 1. The number of carbonyl (C=O) groups excluding carboxylic acids is 1. The van der Waals surface area contributed by atoms with E-state index in [4.69, 9.17) is 15.5 Å². The van der Waals surface area contributed by atoms with Crippen LogP contribution in [0.2, 0.25) is 0 Å². The van der Waals surface area contributed by atoms with Crippen LogP contribution in [0.1, 0.15) is 41.4 Å². The zero-order valence-corrected chi connectivity index (χ0v) is 14.5. The van der Waals surface area contributed by atoms with Gasteiger partial charge in [-0.25, -0.2) is 4.98 Å². The second-order valence-corrected chi connectivity index (χ2v) is 7.01. The lowest BCUT2D eigenvalue weighted by atomic mass is 9.68. The second kappa shape index (κ2) is 5.39. The number of fused-ring (bicyclic) bond motifs is 4. The van der Waals surface area contributed by atoms with E-state index in [2.05, 4.69) is 19.9 Å². The van der Waals surface area contributed by atoms with E-state index in [0.717, 1.165) is 33.3 Å². The zero-order valence-electron chi connectivity index (χ0n) is 14.5. The third kappa shape index (κ3) is 2.11. The Morgan fingerprint density at radius 2 is 1.80 bits per heavy atom. The van der Waals surface area contributed by atoms with Crippen LogP contribution in [0.15, 0.2) is 48.5 Å². The lowest BCUT2D eigenvalue weighted by Crippen LogP contribution is -2.35. The summed E-state index contributed by atoms with van der Waals surface area (Å²) in [6, 6.07) is 15.8. The number of para-hydroxylation sites is 1. The molecule has 2 aromatic carbocycles. The Balaban J connectivity index is 2.22. The van der Waals surface area contributed by atoms with Crippen molar-refractivity contribution in [3.63, 3.8) is 0 Å². The maximum atomic E-state index is 12.4. The van der Waals surface area contributed by atoms with E-state index in [-0.39, 0.29) is 11.5 Å². The van der Waals surface area contributed by atoms with Crippen molar-refractivity contribution < 1.29 is 9.53 Å². The molecule has 1 aliphatic carbocycles. The standard InChI is InChI=1S/C21H20N2O2/c1-21(2)14-10-6-4-8-12(14)18-17(19(21)25-3)16(20(22)24)13-9-5-7-11-15(13)23-18/h4-11,19H,1-3H3,(H2,22,24). The Morgan fingerprint density at radius 3 is 2.52 bits per heavy atom. The first-order valence-corrected chi connectivity index (χ1v) is 8.32. The molecular formula is C21H20N2O2. The van der Waals surface area contributed by atoms with E-state index < -0.39 is 5.91 Å². The molecule has 0 saturated carbocycles. The van der Waals surface area contributed by atoms with Crippen molar-refractivity contribution in [1.82, 2.24) is 4.98 Å². The summed E-state index contributed by atoms with van der Waals surface area (Å²) in [7, 11) is 1.67. The van der Waals surface area contributed by atoms with E-state index in [9.17, 15) is 4.79 Å². The lowest BCUT2D eigenvalue weighted by molar-refractivity contribution is 0.0425. The Bertz CT molecular complexity index is 1010. The molecule has 1 atom stereocenters. The number of ether oxygens (including phenoxy) is 1. The number of nitrogens with two attached hydrogens (primary N) is 1. The summed E-state index contributed by atoms with van der Waals surface area (Å²) in [6.07, 6.45) is -0.308. The van der Waals surface area contributed by atoms with Gasteiger partial charge in [0.15, 0.2) is 0 Å². The first-order valence-electron chi connectivity index (χ1n) is 8.32. The smallest absolute Gasteiger partial charge is 0.249 e. The van der Waals surface area contributed by atoms with E-state index in [1.54, 1.807) is 7.11 Å². The van der Waals surface area contributed by atoms with Crippen LogP contribution in [0.5, 0.6) is 0 Å². The molecule has 2 N–H and O–H groups in total. The van der Waals surface area contributed by atoms with Crippen molar-refractivity contribution in [2.45, 2.75) is 25.4 Å². The van der Waals surface area contributed by atoms with Gasteiger partial charge >= 0.3 is 0 Å². The van der Waals surface area contributed by atoms with Gasteiger partial charge in [-0.1, -0.05) is 56.3 Å². The van der Waals surface area contributed by atoms with Crippen molar-refractivity contribution in [1.29, 1.82) is 0 Å². The number of rotatable bonds is 2. The second-order valence-electron chi connectivity index (χ2n) is 7.01. The predicted molar refractivity (Wildman–Crippen MR) is 98.5 cm³/mol. The van der Waals surface area contributed by atoms with E-state index in [1.165, 1.54) is 0 Å². The molecule has 4 heteroatoms. The molecule has 4 nitrogen and oxygen atoms in total. The highest BCUT2D eigenvalue weighted by Crippen LogP contribution is 2.51. The van der Waals surface area contributed by atoms with Gasteiger partial charge in [-0.15, -0.1) is 0 Å². The number of amides is 1. The SMILES string of the molecule is COC1c2c(nc3ccccc3c2C(N)=O)-c2ccccc2C1(C)C. The minimum absolute atomic E-state index is 0.308. The van der Waals surface area contributed by atoms with Gasteiger partial charge in [-0.2, -0.15) is 0 Å². The van der Waals surface area contributed by atoms with Gasteiger partial charge in [0.05, 0.1) is 22.9 Å². The predicted octanol–water partition coefficient (Wildman–Crippen LogP) is 3.98. The molecule has 25 heavy (non-hydrogen) atoms. The minimum Gasteiger partial charge on any atom is -0.376 e. The highest BCUT2D eigenvalue weighted by atomic mass is 16.5. The topological polar surface area (TPSA) is 65.2 Å². The van der Waals surface area contributed by atoms with Gasteiger partial charge in [0.2, 0.25) is 5.91 Å². The van der Waals surface area contributed by atoms with Crippen LogP contribution in [0.4, 0.5) is 0 Å². The molecule has 1 heterocycles. The molecule has 0 spiro atoms. The number of primary amides is 1. The minimum atomic E-state index is -0.452. The highest BCUT2D eigenvalue weighted by molar-refractivity contribution is 6.09. The van der Waals surface area contributed by atoms with Crippen molar-refractivity contribution >= 4 is 16.8 Å². The van der Waals surface area contributed by atoms with E-state index in [1.807, 2.05) is 42.5 Å². The molecule has 3 aromatic rings. The van der Waals surface area contributed by atoms with Gasteiger partial charge in [-0.3, -0.25) is 4.79 Å². The average Bonchev–Trinajstić information content (AvgIpc) is 2.60. The largest absolute Gasteiger partial charge is 0.376 e. The summed E-state index contributed by atoms with van der Waals surface area (Å²) in [4.78, 5) is 17.3. The van der Waals surface area contributed by atoms with Crippen molar-refractivity contribution in [3.05, 3.63) is 65.2 Å². The highest BCUT2D eigenvalue weighted by Gasteiger charge is 2.43. The fourth-order valence-electron chi connectivity index (χ4n) is 4.12. The monoisotopic (exact) mass is 332 g/mol. The number of hydrogen-bond acceptors (Lipinski definition) is 3. The molecular weight excluding hydrogens is 312 g/mol. The normalized spacial score (nSPS) is 17.8. The number of pyridine rings is 1. The lowest BCUT2D eigenvalue weighted by Gasteiger charge is -2.41. The fraction of sp³-hybridized carbons (Fsp3) is 0.238. The summed E-state index contributed by atoms with van der Waals surface area (Å²) in [5.74, 6) is -0.452. The molecule has 126 valence electrons. The van der Waals surface area contributed by atoms with Gasteiger partial charge in [-0.05, 0) is 11.6 Å². The summed E-state index contributed by atoms with van der Waals surface area (Å²) in [6.45, 7) is 4.26. The Hall–Kier alpha value is -2.72. The summed E-state index contributed by atoms with van der Waals surface area (Å²) in [5, 5.41) is 0.769. The third-order valence-corrected chi connectivity index (χ3v) is 5.21. The quantitative estimate of drug-likeness (QED) is 0.772. The number of hydrogen-bond donors (Lipinski definition) is 1. The van der Waals surface area contributed by atoms with Crippen LogP contribution in [0.3, 0.4) is 0 Å². The fourth-order valence-corrected chi connectivity index (χ4v) is 4.12. The van der Waals surface area contributed by atoms with Crippen LogP contribution < -0.4 is 5.73 Å². The van der Waals surface area contributed by atoms with Crippen molar-refractivity contribution in [3.8, 4) is 11.3 Å². The summed E-state index contributed by atoms with van der Waals surface area (Å²) >= 11 is 0. The summed E-state index contributed by atoms with van der Waals surface area (Å²) in [5.41, 5.74) is 10.5. The maximum Gasteiger partial charge on any atom is 0.249 e. The zero-order chi connectivity index (χ0) is 17.8. The molecule has 4 rings (SSSR count). The number of aromatic nitrogens is 1. The Morgan fingerprint density at radius 1 is 1.12 bits per heavy atom. The number of benzene rings is 2. The molecule has 0 aliphatic heterocycles. The van der Waals surface area contributed by atoms with E-state index >= 15 is 0 Å². The molecule has 0 radical (unpaired) electrons. The van der Waals surface area contributed by atoms with Gasteiger partial charge < -0.3 is 10.5 Å². The average molecular weight is 332 g/mol. The molecule has 1 amide bonds. The van der Waals surface area contributed by atoms with Crippen LogP contribution >= 0.6 is 0 Å². The number of nitrogens with zero attached hydrogens (tertiary/aromatic N) is 1. The molecule has 0 saturated heterocycles. The van der Waals surface area contributed by atoms with Crippen molar-refractivity contribution in [2.24, 2.45) is 5.73 Å². The van der Waals surface area contributed by atoms with Gasteiger partial charge in [0.1, 0.15) is 0 Å². The van der Waals surface area contributed by atoms with Crippen LogP contribution in [-0.4, -0.2) is 18.0 Å². The van der Waals surface area contributed by atoms with Gasteiger partial charge in [0, 0.05) is 29.0 Å². The molecule has 1 aromatic heterocycles. The Labute approximate surface area is 146 Å². The number of methoxy groups -OCH3 is 1. The molecule has 1 aliphatic rings. The molecule has 0 fully saturated rings. The third-order valence-electron chi connectivity index (χ3n) is 5.21. The van der Waals surface area contributed by atoms with Crippen LogP contribution in [0.25, 0.3) is 22.2 Å².